The lowest BCUT2D eigenvalue weighted by molar-refractivity contribution is 0.0227. The SMILES string of the molecule is COc1nc(Cl)nc(-c2c(O)cc3c(c2N)C2(OC(=O)c4ccccc42)c2ccc(O)cc2O3)n1. The number of benzene rings is 3. The maximum absolute atomic E-state index is 13.0. The van der Waals surface area contributed by atoms with Gasteiger partial charge in [-0.3, -0.25) is 0 Å². The Kier molecular flexibility index (Phi) is 4.33. The molecular formula is C24H15ClN4O6. The van der Waals surface area contributed by atoms with Crippen LogP contribution in [-0.4, -0.2) is 38.2 Å². The molecule has 1 spiro atoms. The molecule has 2 aliphatic rings. The molecule has 1 atom stereocenters. The van der Waals surface area contributed by atoms with Crippen LogP contribution in [0.15, 0.2) is 48.5 Å². The summed E-state index contributed by atoms with van der Waals surface area (Å²) in [5.74, 6) is -0.630. The third kappa shape index (κ3) is 2.83. The number of hydrogen-bond acceptors (Lipinski definition) is 10. The number of rotatable bonds is 2. The van der Waals surface area contributed by atoms with E-state index in [4.69, 9.17) is 31.5 Å². The second-order valence-corrected chi connectivity index (χ2v) is 8.21. The van der Waals surface area contributed by atoms with Crippen molar-refractivity contribution in [2.24, 2.45) is 0 Å². The van der Waals surface area contributed by atoms with Gasteiger partial charge >= 0.3 is 12.0 Å². The van der Waals surface area contributed by atoms with E-state index >= 15 is 0 Å². The second kappa shape index (κ2) is 7.21. The van der Waals surface area contributed by atoms with Gasteiger partial charge in [0.1, 0.15) is 23.0 Å². The van der Waals surface area contributed by atoms with Crippen molar-refractivity contribution in [2.75, 3.05) is 12.8 Å². The summed E-state index contributed by atoms with van der Waals surface area (Å²) in [6.45, 7) is 0. The predicted octanol–water partition coefficient (Wildman–Crippen LogP) is 3.76. The van der Waals surface area contributed by atoms with Crippen molar-refractivity contribution in [3.05, 3.63) is 76.1 Å². The molecule has 4 N–H and O–H groups in total. The van der Waals surface area contributed by atoms with Crippen molar-refractivity contribution in [3.63, 3.8) is 0 Å². The molecule has 11 heteroatoms. The number of phenols is 2. The predicted molar refractivity (Wildman–Crippen MR) is 123 cm³/mol. The van der Waals surface area contributed by atoms with Crippen LogP contribution < -0.4 is 15.2 Å². The Morgan fingerprint density at radius 2 is 1.83 bits per heavy atom. The number of fused-ring (bicyclic) bond motifs is 6. The smallest absolute Gasteiger partial charge is 0.340 e. The van der Waals surface area contributed by atoms with Crippen LogP contribution in [0.3, 0.4) is 0 Å². The van der Waals surface area contributed by atoms with Crippen molar-refractivity contribution in [1.82, 2.24) is 15.0 Å². The Balaban J connectivity index is 1.72. The van der Waals surface area contributed by atoms with Gasteiger partial charge in [0.05, 0.1) is 29.5 Å². The first kappa shape index (κ1) is 21.0. The van der Waals surface area contributed by atoms with Crippen LogP contribution in [0.25, 0.3) is 11.4 Å². The highest BCUT2D eigenvalue weighted by atomic mass is 35.5. The van der Waals surface area contributed by atoms with Gasteiger partial charge < -0.3 is 30.2 Å². The number of esters is 1. The molecule has 0 radical (unpaired) electrons. The van der Waals surface area contributed by atoms with Crippen molar-refractivity contribution in [1.29, 1.82) is 0 Å². The zero-order chi connectivity index (χ0) is 24.5. The van der Waals surface area contributed by atoms with Gasteiger partial charge in [-0.25, -0.2) is 4.79 Å². The fraction of sp³-hybridized carbons (Fsp3) is 0.0833. The highest BCUT2D eigenvalue weighted by molar-refractivity contribution is 6.28. The molecule has 0 fully saturated rings. The minimum atomic E-state index is -1.53. The first-order valence-corrected chi connectivity index (χ1v) is 10.7. The summed E-state index contributed by atoms with van der Waals surface area (Å²) in [5.41, 5.74) is 6.72. The van der Waals surface area contributed by atoms with Crippen LogP contribution in [0.4, 0.5) is 5.69 Å². The van der Waals surface area contributed by atoms with Gasteiger partial charge in [-0.15, -0.1) is 0 Å². The fourth-order valence-electron chi connectivity index (χ4n) is 4.62. The summed E-state index contributed by atoms with van der Waals surface area (Å²) in [5, 5.41) is 20.8. The maximum Gasteiger partial charge on any atom is 0.340 e. The normalized spacial score (nSPS) is 17.3. The molecule has 4 aromatic rings. The van der Waals surface area contributed by atoms with Gasteiger partial charge in [0, 0.05) is 23.3 Å². The van der Waals surface area contributed by atoms with Crippen molar-refractivity contribution >= 4 is 23.3 Å². The second-order valence-electron chi connectivity index (χ2n) is 7.87. The van der Waals surface area contributed by atoms with E-state index in [-0.39, 0.29) is 56.9 Å². The first-order chi connectivity index (χ1) is 16.8. The number of methoxy groups -OCH3 is 1. The van der Waals surface area contributed by atoms with E-state index in [2.05, 4.69) is 15.0 Å². The molecule has 0 amide bonds. The van der Waals surface area contributed by atoms with E-state index in [1.54, 1.807) is 30.3 Å². The van der Waals surface area contributed by atoms with Crippen LogP contribution in [0.2, 0.25) is 5.28 Å². The van der Waals surface area contributed by atoms with Gasteiger partial charge in [0.25, 0.3) is 0 Å². The largest absolute Gasteiger partial charge is 0.508 e. The third-order valence-corrected chi connectivity index (χ3v) is 6.16. The lowest BCUT2D eigenvalue weighted by atomic mass is 9.76. The number of carbonyl (C=O) groups excluding carboxylic acids is 1. The van der Waals surface area contributed by atoms with E-state index in [1.165, 1.54) is 25.3 Å². The van der Waals surface area contributed by atoms with E-state index < -0.39 is 11.6 Å². The molecule has 2 aliphatic heterocycles. The van der Waals surface area contributed by atoms with Crippen LogP contribution in [-0.2, 0) is 10.3 Å². The first-order valence-electron chi connectivity index (χ1n) is 10.3. The molecule has 3 heterocycles. The molecule has 1 aromatic heterocycles. The number of phenolic OH excluding ortho intramolecular Hbond substituents is 2. The Morgan fingerprint density at radius 3 is 2.63 bits per heavy atom. The molecule has 0 saturated carbocycles. The molecule has 0 aliphatic carbocycles. The van der Waals surface area contributed by atoms with Gasteiger partial charge in [-0.1, -0.05) is 18.2 Å². The number of halogens is 1. The molecule has 0 saturated heterocycles. The molecule has 174 valence electrons. The topological polar surface area (TPSA) is 150 Å². The number of aromatic nitrogens is 3. The Hall–Kier alpha value is -4.57. The molecule has 0 bridgehead atoms. The Bertz CT molecular complexity index is 1580. The van der Waals surface area contributed by atoms with Crippen LogP contribution in [0, 0.1) is 0 Å². The number of nitrogen functional groups attached to an aromatic ring is 1. The molecule has 3 aromatic carbocycles. The number of carbonyl (C=O) groups is 1. The average Bonchev–Trinajstić information content (AvgIpc) is 3.11. The van der Waals surface area contributed by atoms with Crippen LogP contribution in [0.5, 0.6) is 29.0 Å². The van der Waals surface area contributed by atoms with Crippen LogP contribution >= 0.6 is 11.6 Å². The summed E-state index contributed by atoms with van der Waals surface area (Å²) >= 11 is 6.03. The summed E-state index contributed by atoms with van der Waals surface area (Å²) < 4.78 is 17.2. The average molecular weight is 491 g/mol. The zero-order valence-corrected chi connectivity index (χ0v) is 18.7. The quantitative estimate of drug-likeness (QED) is 0.280. The van der Waals surface area contributed by atoms with Crippen LogP contribution in [0.1, 0.15) is 27.0 Å². The fourth-order valence-corrected chi connectivity index (χ4v) is 4.77. The summed E-state index contributed by atoms with van der Waals surface area (Å²) in [6, 6.07) is 12.6. The van der Waals surface area contributed by atoms with Gasteiger partial charge in [-0.2, -0.15) is 15.0 Å². The standard InChI is InChI=1S/C24H15ClN4O6/c1-33-23-28-20(27-22(25)29-23)17-14(31)9-16-18(19(17)26)24(13-7-6-10(30)8-15(13)34-16)12-5-3-2-4-11(12)21(32)35-24/h2-9,30-31H,26H2,1H3. The third-order valence-electron chi connectivity index (χ3n) is 5.99. The summed E-state index contributed by atoms with van der Waals surface area (Å²) in [4.78, 5) is 25.1. The van der Waals surface area contributed by atoms with Gasteiger partial charge in [0.2, 0.25) is 5.28 Å². The van der Waals surface area contributed by atoms with Crippen molar-refractivity contribution in [3.8, 4) is 40.4 Å². The van der Waals surface area contributed by atoms with Gasteiger partial charge in [-0.05, 0) is 29.8 Å². The van der Waals surface area contributed by atoms with E-state index in [9.17, 15) is 15.0 Å². The van der Waals surface area contributed by atoms with Gasteiger partial charge in [0.15, 0.2) is 11.4 Å². The lowest BCUT2D eigenvalue weighted by Crippen LogP contribution is -2.34. The minimum absolute atomic E-state index is 0.00690. The molecular weight excluding hydrogens is 476 g/mol. The van der Waals surface area contributed by atoms with E-state index in [1.807, 2.05) is 0 Å². The number of nitrogens with zero attached hydrogens (tertiary/aromatic N) is 3. The molecule has 1 unspecified atom stereocenters. The number of ether oxygens (including phenoxy) is 3. The molecule has 10 nitrogen and oxygen atoms in total. The Labute approximate surface area is 202 Å². The Morgan fingerprint density at radius 1 is 1.03 bits per heavy atom. The highest BCUT2D eigenvalue weighted by Gasteiger charge is 2.55. The zero-order valence-electron chi connectivity index (χ0n) is 17.9. The summed E-state index contributed by atoms with van der Waals surface area (Å²) in [7, 11) is 1.36. The van der Waals surface area contributed by atoms with Crippen molar-refractivity contribution in [2.45, 2.75) is 5.60 Å². The van der Waals surface area contributed by atoms with E-state index in [0.29, 0.717) is 16.7 Å². The molecule has 35 heavy (non-hydrogen) atoms. The summed E-state index contributed by atoms with van der Waals surface area (Å²) in [6.07, 6.45) is 0. The van der Waals surface area contributed by atoms with E-state index in [0.717, 1.165) is 0 Å². The minimum Gasteiger partial charge on any atom is -0.508 e. The number of nitrogens with two attached hydrogens (primary N) is 1. The maximum atomic E-state index is 13.0. The van der Waals surface area contributed by atoms with Crippen molar-refractivity contribution < 1.29 is 29.2 Å². The highest BCUT2D eigenvalue weighted by Crippen LogP contribution is 2.60. The number of anilines is 1. The lowest BCUT2D eigenvalue weighted by Gasteiger charge is -2.37. The monoisotopic (exact) mass is 490 g/mol. The number of aromatic hydroxyl groups is 2. The molecule has 6 rings (SSSR count). The number of hydrogen-bond donors (Lipinski definition) is 3.